The monoisotopic (exact) mass is 374 g/mol. The van der Waals surface area contributed by atoms with Gasteiger partial charge in [-0.1, -0.05) is 37.8 Å². The molecule has 5 heteroatoms. The van der Waals surface area contributed by atoms with Gasteiger partial charge in [0.15, 0.2) is 0 Å². The van der Waals surface area contributed by atoms with Crippen LogP contribution in [-0.4, -0.2) is 31.3 Å². The Morgan fingerprint density at radius 2 is 2.05 bits per heavy atom. The number of nitrogens with zero attached hydrogens (tertiary/aromatic N) is 1. The number of halogens is 2. The van der Waals surface area contributed by atoms with Crippen LogP contribution in [0.5, 0.6) is 0 Å². The molecule has 1 aromatic rings. The van der Waals surface area contributed by atoms with Crippen LogP contribution in [0.15, 0.2) is 16.6 Å². The van der Waals surface area contributed by atoms with Crippen LogP contribution in [0.4, 0.5) is 5.69 Å². The van der Waals surface area contributed by atoms with E-state index in [2.05, 4.69) is 45.2 Å². The summed E-state index contributed by atoms with van der Waals surface area (Å²) in [7, 11) is 0. The lowest BCUT2D eigenvalue weighted by molar-refractivity contribution is 0.163. The lowest BCUT2D eigenvalue weighted by atomic mass is 10.0. The minimum absolute atomic E-state index is 0.483. The molecule has 0 amide bonds. The molecule has 0 bridgehead atoms. The Kier molecular flexibility index (Phi) is 6.80. The number of benzene rings is 1. The summed E-state index contributed by atoms with van der Waals surface area (Å²) < 4.78 is 0.866. The van der Waals surface area contributed by atoms with Crippen LogP contribution >= 0.6 is 27.5 Å². The fourth-order valence-corrected chi connectivity index (χ4v) is 3.39. The number of nitrogens with one attached hydrogen (secondary N) is 1. The number of piperazine rings is 1. The van der Waals surface area contributed by atoms with E-state index in [9.17, 15) is 5.11 Å². The summed E-state index contributed by atoms with van der Waals surface area (Å²) in [5.41, 5.74) is 1.98. The number of aliphatic hydroxyl groups excluding tert-OH is 1. The van der Waals surface area contributed by atoms with Gasteiger partial charge in [-0.15, -0.1) is 0 Å². The van der Waals surface area contributed by atoms with Gasteiger partial charge in [0.25, 0.3) is 0 Å². The van der Waals surface area contributed by atoms with Crippen molar-refractivity contribution in [2.45, 2.75) is 38.7 Å². The van der Waals surface area contributed by atoms with Crippen LogP contribution in [0.1, 0.15) is 44.3 Å². The Morgan fingerprint density at radius 3 is 2.71 bits per heavy atom. The van der Waals surface area contributed by atoms with Crippen LogP contribution in [0, 0.1) is 0 Å². The minimum atomic E-state index is -0.483. The van der Waals surface area contributed by atoms with Crippen molar-refractivity contribution in [3.63, 3.8) is 0 Å². The maximum atomic E-state index is 10.4. The van der Waals surface area contributed by atoms with Gasteiger partial charge < -0.3 is 15.3 Å². The van der Waals surface area contributed by atoms with E-state index < -0.39 is 6.10 Å². The predicted molar refractivity (Wildman–Crippen MR) is 93.3 cm³/mol. The molecule has 0 spiro atoms. The molecular formula is C16H24BrClN2O. The summed E-state index contributed by atoms with van der Waals surface area (Å²) in [4.78, 5) is 2.33. The van der Waals surface area contributed by atoms with Gasteiger partial charge in [0.1, 0.15) is 0 Å². The average molecular weight is 376 g/mol. The lowest BCUT2D eigenvalue weighted by Gasteiger charge is -2.30. The van der Waals surface area contributed by atoms with Crippen molar-refractivity contribution in [3.05, 3.63) is 27.2 Å². The molecule has 118 valence electrons. The van der Waals surface area contributed by atoms with Crippen LogP contribution in [-0.2, 0) is 0 Å². The molecule has 0 saturated carbocycles. The molecule has 1 aliphatic heterocycles. The van der Waals surface area contributed by atoms with Gasteiger partial charge in [0.2, 0.25) is 0 Å². The molecule has 2 rings (SSSR count). The van der Waals surface area contributed by atoms with Crippen LogP contribution in [0.2, 0.25) is 5.02 Å². The van der Waals surface area contributed by atoms with Gasteiger partial charge in [0, 0.05) is 41.9 Å². The Balaban J connectivity index is 2.17. The summed E-state index contributed by atoms with van der Waals surface area (Å²) in [5, 5.41) is 14.4. The number of hydrogen-bond donors (Lipinski definition) is 2. The first kappa shape index (κ1) is 17.1. The van der Waals surface area contributed by atoms with E-state index in [0.29, 0.717) is 5.02 Å². The smallest absolute Gasteiger partial charge is 0.0805 e. The molecule has 0 radical (unpaired) electrons. The Morgan fingerprint density at radius 1 is 1.33 bits per heavy atom. The number of aliphatic hydroxyl groups is 1. The normalized spacial score (nSPS) is 17.0. The number of anilines is 1. The predicted octanol–water partition coefficient (Wildman–Crippen LogP) is 4.13. The van der Waals surface area contributed by atoms with Crippen molar-refractivity contribution in [2.75, 3.05) is 31.1 Å². The minimum Gasteiger partial charge on any atom is -0.388 e. The molecule has 0 aliphatic carbocycles. The van der Waals surface area contributed by atoms with Crippen LogP contribution < -0.4 is 10.2 Å². The summed E-state index contributed by atoms with van der Waals surface area (Å²) in [6.07, 6.45) is 3.62. The topological polar surface area (TPSA) is 35.5 Å². The quantitative estimate of drug-likeness (QED) is 0.734. The van der Waals surface area contributed by atoms with E-state index in [1.807, 2.05) is 0 Å². The molecule has 3 nitrogen and oxygen atoms in total. The molecule has 21 heavy (non-hydrogen) atoms. The zero-order valence-corrected chi connectivity index (χ0v) is 14.9. The molecule has 1 heterocycles. The highest BCUT2D eigenvalue weighted by atomic mass is 79.9. The molecule has 1 saturated heterocycles. The zero-order chi connectivity index (χ0) is 15.2. The van der Waals surface area contributed by atoms with Crippen molar-refractivity contribution < 1.29 is 5.11 Å². The molecule has 1 atom stereocenters. The van der Waals surface area contributed by atoms with E-state index in [1.165, 1.54) is 0 Å². The standard InChI is InChI=1S/C16H24BrClN2O/c1-2-3-4-5-15(21)13-10-12(11-14(17)16(13)18)20-8-6-19-7-9-20/h10-11,15,19,21H,2-9H2,1H3. The third-order valence-corrected chi connectivity index (χ3v) is 5.24. The van der Waals surface area contributed by atoms with E-state index >= 15 is 0 Å². The number of hydrogen-bond acceptors (Lipinski definition) is 3. The summed E-state index contributed by atoms with van der Waals surface area (Å²) >= 11 is 9.90. The summed E-state index contributed by atoms with van der Waals surface area (Å²) in [6.45, 7) is 6.13. The average Bonchev–Trinajstić information content (AvgIpc) is 2.51. The molecule has 1 aliphatic rings. The third-order valence-electron chi connectivity index (χ3n) is 3.96. The number of rotatable bonds is 6. The summed E-state index contributed by atoms with van der Waals surface area (Å²) in [6, 6.07) is 4.10. The van der Waals surface area contributed by atoms with Crippen molar-refractivity contribution in [2.24, 2.45) is 0 Å². The van der Waals surface area contributed by atoms with Gasteiger partial charge in [0.05, 0.1) is 11.1 Å². The molecule has 2 N–H and O–H groups in total. The summed E-state index contributed by atoms with van der Waals surface area (Å²) in [5.74, 6) is 0. The Bertz CT molecular complexity index is 464. The first-order valence-corrected chi connectivity index (χ1v) is 8.93. The molecule has 1 aromatic carbocycles. The molecule has 1 unspecified atom stereocenters. The Hall–Kier alpha value is -0.290. The fraction of sp³-hybridized carbons (Fsp3) is 0.625. The second kappa shape index (κ2) is 8.37. The second-order valence-electron chi connectivity index (χ2n) is 5.58. The van der Waals surface area contributed by atoms with Crippen molar-refractivity contribution >= 4 is 33.2 Å². The van der Waals surface area contributed by atoms with Gasteiger partial charge in [-0.2, -0.15) is 0 Å². The first-order valence-electron chi connectivity index (χ1n) is 7.76. The largest absolute Gasteiger partial charge is 0.388 e. The fourth-order valence-electron chi connectivity index (χ4n) is 2.69. The van der Waals surface area contributed by atoms with Crippen LogP contribution in [0.25, 0.3) is 0 Å². The Labute approximate surface area is 140 Å². The van der Waals surface area contributed by atoms with Gasteiger partial charge in [-0.05, 0) is 34.5 Å². The highest BCUT2D eigenvalue weighted by molar-refractivity contribution is 9.10. The maximum absolute atomic E-state index is 10.4. The second-order valence-corrected chi connectivity index (χ2v) is 6.81. The molecular weight excluding hydrogens is 352 g/mol. The number of unbranched alkanes of at least 4 members (excludes halogenated alkanes) is 2. The van der Waals surface area contributed by atoms with Crippen molar-refractivity contribution in [1.82, 2.24) is 5.32 Å². The van der Waals surface area contributed by atoms with E-state index in [4.69, 9.17) is 11.6 Å². The highest BCUT2D eigenvalue weighted by Crippen LogP contribution is 2.36. The van der Waals surface area contributed by atoms with E-state index in [1.54, 1.807) is 0 Å². The van der Waals surface area contributed by atoms with Crippen LogP contribution in [0.3, 0.4) is 0 Å². The van der Waals surface area contributed by atoms with Gasteiger partial charge in [-0.3, -0.25) is 0 Å². The van der Waals surface area contributed by atoms with Crippen molar-refractivity contribution in [3.8, 4) is 0 Å². The highest BCUT2D eigenvalue weighted by Gasteiger charge is 2.18. The molecule has 1 fully saturated rings. The van der Waals surface area contributed by atoms with E-state index in [-0.39, 0.29) is 0 Å². The van der Waals surface area contributed by atoms with Crippen molar-refractivity contribution in [1.29, 1.82) is 0 Å². The van der Waals surface area contributed by atoms with Gasteiger partial charge in [-0.25, -0.2) is 0 Å². The van der Waals surface area contributed by atoms with Gasteiger partial charge >= 0.3 is 0 Å². The maximum Gasteiger partial charge on any atom is 0.0805 e. The first-order chi connectivity index (χ1) is 10.1. The lowest BCUT2D eigenvalue weighted by Crippen LogP contribution is -2.43. The van der Waals surface area contributed by atoms with E-state index in [0.717, 1.165) is 67.6 Å². The molecule has 0 aromatic heterocycles. The zero-order valence-electron chi connectivity index (χ0n) is 12.5. The SMILES string of the molecule is CCCCCC(O)c1cc(N2CCNCC2)cc(Br)c1Cl. The third kappa shape index (κ3) is 4.59.